The first kappa shape index (κ1) is 4.15. The Hall–Kier alpha value is -0.0200. The van der Waals surface area contributed by atoms with E-state index in [-0.39, 0.29) is 5.37 Å². The minimum atomic E-state index is 0.241. The first-order chi connectivity index (χ1) is 2.89. The summed E-state index contributed by atoms with van der Waals surface area (Å²) >= 11 is 1.58. The van der Waals surface area contributed by atoms with Crippen LogP contribution in [0.3, 0.4) is 0 Å². The summed E-state index contributed by atoms with van der Waals surface area (Å²) < 4.78 is 0. The lowest BCUT2D eigenvalue weighted by Gasteiger charge is -1.90. The summed E-state index contributed by atoms with van der Waals surface area (Å²) in [5.41, 5.74) is 7.17. The van der Waals surface area contributed by atoms with E-state index in [2.05, 4.69) is 4.99 Å². The maximum absolute atomic E-state index is 5.37. The summed E-state index contributed by atoms with van der Waals surface area (Å²) in [6.45, 7) is 0.796. The van der Waals surface area contributed by atoms with Gasteiger partial charge < -0.3 is 5.73 Å². The third kappa shape index (κ3) is 0.725. The topological polar surface area (TPSA) is 38.4 Å². The quantitative estimate of drug-likeness (QED) is 0.469. The van der Waals surface area contributed by atoms with Gasteiger partial charge in [0, 0.05) is 0 Å². The van der Waals surface area contributed by atoms with Crippen molar-refractivity contribution in [3.05, 3.63) is 0 Å². The summed E-state index contributed by atoms with van der Waals surface area (Å²) in [5, 5.41) is 0.241. The van der Waals surface area contributed by atoms with Crippen LogP contribution in [0.25, 0.3) is 0 Å². The van der Waals surface area contributed by atoms with Crippen LogP contribution >= 0.6 is 11.8 Å². The second kappa shape index (κ2) is 1.62. The highest BCUT2D eigenvalue weighted by molar-refractivity contribution is 8.12. The number of nitrogens with two attached hydrogens (primary N) is 1. The van der Waals surface area contributed by atoms with Crippen molar-refractivity contribution in [2.24, 2.45) is 10.7 Å². The Bertz CT molecular complexity index is 63.2. The van der Waals surface area contributed by atoms with Crippen LogP contribution in [-0.4, -0.2) is 17.5 Å². The largest absolute Gasteiger partial charge is 0.318 e. The van der Waals surface area contributed by atoms with Crippen molar-refractivity contribution in [1.82, 2.24) is 0 Å². The zero-order valence-electron chi connectivity index (χ0n) is 3.29. The van der Waals surface area contributed by atoms with E-state index in [0.717, 1.165) is 6.54 Å². The molecule has 0 saturated carbocycles. The summed E-state index contributed by atoms with van der Waals surface area (Å²) in [7, 11) is 0. The van der Waals surface area contributed by atoms with Gasteiger partial charge in [-0.1, -0.05) is 11.8 Å². The Morgan fingerprint density at radius 3 is 3.00 bits per heavy atom. The number of hydrogen-bond acceptors (Lipinski definition) is 3. The molecule has 0 unspecified atom stereocenters. The molecule has 0 aliphatic carbocycles. The lowest BCUT2D eigenvalue weighted by atomic mass is 10.7. The highest BCUT2D eigenvalue weighted by Crippen LogP contribution is 2.07. The number of thioether (sulfide) groups is 1. The average molecular weight is 102 g/mol. The molecule has 1 aliphatic rings. The van der Waals surface area contributed by atoms with Crippen LogP contribution in [0.15, 0.2) is 4.99 Å². The third-order valence-electron chi connectivity index (χ3n) is 0.596. The second-order valence-electron chi connectivity index (χ2n) is 1.15. The van der Waals surface area contributed by atoms with Gasteiger partial charge in [0.2, 0.25) is 0 Å². The Kier molecular flexibility index (Phi) is 1.12. The molecule has 0 amide bonds. The molecule has 1 heterocycles. The minimum absolute atomic E-state index is 0.241. The lowest BCUT2D eigenvalue weighted by molar-refractivity contribution is 0.936. The van der Waals surface area contributed by atoms with Crippen LogP contribution in [-0.2, 0) is 0 Å². The maximum atomic E-state index is 5.37. The molecule has 3 heteroatoms. The average Bonchev–Trinajstić information content (AvgIpc) is 1.86. The number of aliphatic imine (C=N–C) groups is 1. The van der Waals surface area contributed by atoms with E-state index in [0.29, 0.717) is 0 Å². The Morgan fingerprint density at radius 1 is 2.00 bits per heavy atom. The minimum Gasteiger partial charge on any atom is -0.318 e. The van der Waals surface area contributed by atoms with Gasteiger partial charge in [-0.3, -0.25) is 4.99 Å². The molecule has 2 nitrogen and oxygen atoms in total. The smallest absolute Gasteiger partial charge is 0.0761 e. The number of rotatable bonds is 0. The highest BCUT2D eigenvalue weighted by atomic mass is 32.2. The van der Waals surface area contributed by atoms with E-state index in [1.54, 1.807) is 17.3 Å². The summed E-state index contributed by atoms with van der Waals surface area (Å²) in [6, 6.07) is 0. The molecule has 0 saturated heterocycles. The van der Waals surface area contributed by atoms with Crippen LogP contribution in [0.1, 0.15) is 0 Å². The molecule has 1 rings (SSSR count). The standard InChI is InChI=1S/C3H6N2S/c4-3-1-5-2-6-3/h2-3H,1,4H2/t3-/m0/s1. The first-order valence-electron chi connectivity index (χ1n) is 1.79. The van der Waals surface area contributed by atoms with Crippen molar-refractivity contribution in [3.8, 4) is 0 Å². The van der Waals surface area contributed by atoms with Crippen LogP contribution < -0.4 is 5.73 Å². The molecular weight excluding hydrogens is 96.1 g/mol. The molecule has 0 bridgehead atoms. The predicted octanol–water partition coefficient (Wildman–Crippen LogP) is 0.0463. The van der Waals surface area contributed by atoms with Gasteiger partial charge in [0.25, 0.3) is 0 Å². The SMILES string of the molecule is N[C@@H]1CN=CS1. The fourth-order valence-corrected chi connectivity index (χ4v) is 0.812. The van der Waals surface area contributed by atoms with E-state index < -0.39 is 0 Å². The molecule has 0 spiro atoms. The Labute approximate surface area is 40.8 Å². The van der Waals surface area contributed by atoms with Gasteiger partial charge in [0.05, 0.1) is 17.5 Å². The molecular formula is C3H6N2S. The predicted molar refractivity (Wildman–Crippen MR) is 28.9 cm³/mol. The molecule has 1 atom stereocenters. The van der Waals surface area contributed by atoms with Gasteiger partial charge in [-0.15, -0.1) is 0 Å². The van der Waals surface area contributed by atoms with Crippen molar-refractivity contribution in [2.75, 3.05) is 6.54 Å². The fourth-order valence-electron chi connectivity index (χ4n) is 0.311. The first-order valence-corrected chi connectivity index (χ1v) is 2.73. The molecule has 1 aliphatic heterocycles. The van der Waals surface area contributed by atoms with E-state index >= 15 is 0 Å². The molecule has 34 valence electrons. The highest BCUT2D eigenvalue weighted by Gasteiger charge is 2.02. The number of nitrogens with zero attached hydrogens (tertiary/aromatic N) is 1. The fraction of sp³-hybridized carbons (Fsp3) is 0.667. The summed E-state index contributed by atoms with van der Waals surface area (Å²) in [6.07, 6.45) is 0. The molecule has 6 heavy (non-hydrogen) atoms. The van der Waals surface area contributed by atoms with Crippen LogP contribution in [0.5, 0.6) is 0 Å². The van der Waals surface area contributed by atoms with Gasteiger partial charge in [-0.2, -0.15) is 0 Å². The van der Waals surface area contributed by atoms with Crippen molar-refractivity contribution < 1.29 is 0 Å². The van der Waals surface area contributed by atoms with Crippen molar-refractivity contribution in [1.29, 1.82) is 0 Å². The normalized spacial score (nSPS) is 31.8. The molecule has 0 radical (unpaired) electrons. The zero-order chi connectivity index (χ0) is 4.41. The van der Waals surface area contributed by atoms with E-state index in [1.807, 2.05) is 0 Å². The van der Waals surface area contributed by atoms with Crippen LogP contribution in [0.4, 0.5) is 0 Å². The summed E-state index contributed by atoms with van der Waals surface area (Å²) in [4.78, 5) is 3.88. The van der Waals surface area contributed by atoms with Crippen molar-refractivity contribution in [2.45, 2.75) is 5.37 Å². The van der Waals surface area contributed by atoms with Gasteiger partial charge in [0.15, 0.2) is 0 Å². The van der Waals surface area contributed by atoms with Gasteiger partial charge in [0.1, 0.15) is 0 Å². The number of hydrogen-bond donors (Lipinski definition) is 1. The van der Waals surface area contributed by atoms with E-state index in [1.165, 1.54) is 0 Å². The van der Waals surface area contributed by atoms with Gasteiger partial charge in [-0.05, 0) is 0 Å². The van der Waals surface area contributed by atoms with E-state index in [4.69, 9.17) is 5.73 Å². The molecule has 0 aromatic heterocycles. The molecule has 0 aromatic carbocycles. The monoisotopic (exact) mass is 102 g/mol. The third-order valence-corrected chi connectivity index (χ3v) is 1.36. The molecule has 0 fully saturated rings. The second-order valence-corrected chi connectivity index (χ2v) is 2.23. The van der Waals surface area contributed by atoms with Crippen molar-refractivity contribution >= 4 is 17.3 Å². The van der Waals surface area contributed by atoms with Gasteiger partial charge >= 0.3 is 0 Å². The lowest BCUT2D eigenvalue weighted by Crippen LogP contribution is -2.14. The Balaban J connectivity index is 2.32. The van der Waals surface area contributed by atoms with Gasteiger partial charge in [-0.25, -0.2) is 0 Å². The van der Waals surface area contributed by atoms with Crippen LogP contribution in [0.2, 0.25) is 0 Å². The summed E-state index contributed by atoms with van der Waals surface area (Å²) in [5.74, 6) is 0. The van der Waals surface area contributed by atoms with Crippen LogP contribution in [0, 0.1) is 0 Å². The maximum Gasteiger partial charge on any atom is 0.0761 e. The molecule has 0 aromatic rings. The molecule has 2 N–H and O–H groups in total. The Morgan fingerprint density at radius 2 is 2.83 bits per heavy atom. The van der Waals surface area contributed by atoms with E-state index in [9.17, 15) is 0 Å². The van der Waals surface area contributed by atoms with Crippen molar-refractivity contribution in [3.63, 3.8) is 0 Å². The zero-order valence-corrected chi connectivity index (χ0v) is 4.11.